The molecule has 5 nitrogen and oxygen atoms in total. The molecule has 0 saturated heterocycles. The Morgan fingerprint density at radius 1 is 1.43 bits per heavy atom. The van der Waals surface area contributed by atoms with Crippen molar-refractivity contribution in [3.05, 3.63) is 12.7 Å². The molecular formula is C9H18N2O3. The zero-order valence-electron chi connectivity index (χ0n) is 8.29. The largest absolute Gasteiger partial charge is 0.394 e. The maximum atomic E-state index is 10.9. The molecule has 0 unspecified atom stereocenters. The lowest BCUT2D eigenvalue weighted by atomic mass is 10.4. The maximum Gasteiger partial charge on any atom is 0.315 e. The van der Waals surface area contributed by atoms with Crippen molar-refractivity contribution < 1.29 is 14.6 Å². The van der Waals surface area contributed by atoms with Gasteiger partial charge in [0.25, 0.3) is 0 Å². The average Bonchev–Trinajstić information content (AvgIpc) is 2.20. The second-order valence-corrected chi connectivity index (χ2v) is 2.62. The highest BCUT2D eigenvalue weighted by atomic mass is 16.5. The van der Waals surface area contributed by atoms with Crippen LogP contribution in [0.25, 0.3) is 0 Å². The first-order chi connectivity index (χ1) is 6.81. The molecule has 0 aromatic carbocycles. The zero-order chi connectivity index (χ0) is 10.6. The van der Waals surface area contributed by atoms with Crippen molar-refractivity contribution in [2.24, 2.45) is 0 Å². The van der Waals surface area contributed by atoms with Gasteiger partial charge >= 0.3 is 6.03 Å². The van der Waals surface area contributed by atoms with E-state index in [2.05, 4.69) is 17.2 Å². The fraction of sp³-hybridized carbons (Fsp3) is 0.667. The lowest BCUT2D eigenvalue weighted by molar-refractivity contribution is 0.0910. The van der Waals surface area contributed by atoms with Crippen molar-refractivity contribution in [3.63, 3.8) is 0 Å². The standard InChI is InChI=1S/C9H18N2O3/c1-2-4-10-9(13)11-5-3-7-14-8-6-12/h2,12H,1,3-8H2,(H2,10,11,13). The van der Waals surface area contributed by atoms with E-state index >= 15 is 0 Å². The van der Waals surface area contributed by atoms with Crippen LogP contribution in [0.2, 0.25) is 0 Å². The molecule has 0 fully saturated rings. The SMILES string of the molecule is C=CCNC(=O)NCCCOCCO. The number of aliphatic hydroxyl groups is 1. The number of carbonyl (C=O) groups is 1. The molecular weight excluding hydrogens is 184 g/mol. The minimum atomic E-state index is -0.202. The molecule has 0 saturated carbocycles. The summed E-state index contributed by atoms with van der Waals surface area (Å²) in [6.45, 7) is 5.43. The summed E-state index contributed by atoms with van der Waals surface area (Å²) < 4.78 is 5.01. The van der Waals surface area contributed by atoms with Crippen LogP contribution in [0.3, 0.4) is 0 Å². The third-order valence-corrected chi connectivity index (χ3v) is 1.39. The van der Waals surface area contributed by atoms with Gasteiger partial charge in [-0.25, -0.2) is 4.79 Å². The minimum Gasteiger partial charge on any atom is -0.394 e. The second-order valence-electron chi connectivity index (χ2n) is 2.62. The van der Waals surface area contributed by atoms with Gasteiger partial charge in [0.05, 0.1) is 13.2 Å². The molecule has 82 valence electrons. The summed E-state index contributed by atoms with van der Waals surface area (Å²) in [7, 11) is 0. The Labute approximate surface area is 84.1 Å². The van der Waals surface area contributed by atoms with Crippen LogP contribution in [0.4, 0.5) is 4.79 Å². The third kappa shape index (κ3) is 9.02. The Morgan fingerprint density at radius 2 is 2.21 bits per heavy atom. The second kappa shape index (κ2) is 10.0. The number of urea groups is 1. The Balaban J connectivity index is 3.10. The van der Waals surface area contributed by atoms with Crippen LogP contribution in [-0.4, -0.2) is 44.0 Å². The molecule has 0 radical (unpaired) electrons. The Morgan fingerprint density at radius 3 is 2.86 bits per heavy atom. The third-order valence-electron chi connectivity index (χ3n) is 1.39. The lowest BCUT2D eigenvalue weighted by Crippen LogP contribution is -2.36. The molecule has 0 aliphatic carbocycles. The highest BCUT2D eigenvalue weighted by Gasteiger charge is 1.95. The van der Waals surface area contributed by atoms with E-state index in [9.17, 15) is 4.79 Å². The normalized spacial score (nSPS) is 9.50. The van der Waals surface area contributed by atoms with Crippen molar-refractivity contribution in [1.82, 2.24) is 10.6 Å². The van der Waals surface area contributed by atoms with E-state index in [4.69, 9.17) is 9.84 Å². The predicted molar refractivity (Wildman–Crippen MR) is 54.1 cm³/mol. The first-order valence-electron chi connectivity index (χ1n) is 4.62. The van der Waals surface area contributed by atoms with E-state index in [0.29, 0.717) is 26.3 Å². The van der Waals surface area contributed by atoms with Crippen molar-refractivity contribution in [1.29, 1.82) is 0 Å². The fourth-order valence-electron chi connectivity index (χ4n) is 0.770. The van der Waals surface area contributed by atoms with Crippen LogP contribution in [0.5, 0.6) is 0 Å². The van der Waals surface area contributed by atoms with E-state index in [1.807, 2.05) is 0 Å². The molecule has 14 heavy (non-hydrogen) atoms. The molecule has 0 atom stereocenters. The molecule has 2 amide bonds. The average molecular weight is 202 g/mol. The minimum absolute atomic E-state index is 0.0350. The van der Waals surface area contributed by atoms with Gasteiger partial charge in [0.1, 0.15) is 0 Å². The molecule has 0 aromatic rings. The predicted octanol–water partition coefficient (Wildman–Crippen LogP) is -0.129. The van der Waals surface area contributed by atoms with Gasteiger partial charge in [-0.3, -0.25) is 0 Å². The van der Waals surface area contributed by atoms with Crippen LogP contribution < -0.4 is 10.6 Å². The van der Waals surface area contributed by atoms with E-state index < -0.39 is 0 Å². The number of aliphatic hydroxyl groups excluding tert-OH is 1. The Hall–Kier alpha value is -1.07. The van der Waals surface area contributed by atoms with Gasteiger partial charge in [0.2, 0.25) is 0 Å². The van der Waals surface area contributed by atoms with Gasteiger partial charge in [-0.15, -0.1) is 6.58 Å². The molecule has 0 aliphatic rings. The van der Waals surface area contributed by atoms with Gasteiger partial charge in [-0.2, -0.15) is 0 Å². The summed E-state index contributed by atoms with van der Waals surface area (Å²) in [6.07, 6.45) is 2.35. The molecule has 0 bridgehead atoms. The van der Waals surface area contributed by atoms with Crippen molar-refractivity contribution in [2.75, 3.05) is 32.9 Å². The van der Waals surface area contributed by atoms with Gasteiger partial charge in [-0.1, -0.05) is 6.08 Å². The number of carbonyl (C=O) groups excluding carboxylic acids is 1. The lowest BCUT2D eigenvalue weighted by Gasteiger charge is -2.05. The number of hydrogen-bond donors (Lipinski definition) is 3. The number of ether oxygens (including phenoxy) is 1. The summed E-state index contributed by atoms with van der Waals surface area (Å²) >= 11 is 0. The summed E-state index contributed by atoms with van der Waals surface area (Å²) in [5.74, 6) is 0. The Kier molecular flexibility index (Phi) is 9.25. The van der Waals surface area contributed by atoms with Crippen LogP contribution >= 0.6 is 0 Å². The molecule has 0 aliphatic heterocycles. The summed E-state index contributed by atoms with van der Waals surface area (Å²) in [4.78, 5) is 10.9. The fourth-order valence-corrected chi connectivity index (χ4v) is 0.770. The number of hydrogen-bond acceptors (Lipinski definition) is 3. The van der Waals surface area contributed by atoms with E-state index in [1.165, 1.54) is 0 Å². The van der Waals surface area contributed by atoms with Crippen molar-refractivity contribution in [3.8, 4) is 0 Å². The van der Waals surface area contributed by atoms with Gasteiger partial charge in [-0.05, 0) is 6.42 Å². The van der Waals surface area contributed by atoms with Crippen LogP contribution in [0.1, 0.15) is 6.42 Å². The van der Waals surface area contributed by atoms with Crippen molar-refractivity contribution >= 4 is 6.03 Å². The summed E-state index contributed by atoms with van der Waals surface area (Å²) in [5.41, 5.74) is 0. The molecule has 0 rings (SSSR count). The summed E-state index contributed by atoms with van der Waals surface area (Å²) in [6, 6.07) is -0.202. The molecule has 0 heterocycles. The van der Waals surface area contributed by atoms with Gasteiger partial charge in [0, 0.05) is 19.7 Å². The van der Waals surface area contributed by atoms with E-state index in [0.717, 1.165) is 6.42 Å². The molecule has 5 heteroatoms. The first kappa shape index (κ1) is 12.9. The van der Waals surface area contributed by atoms with E-state index in [1.54, 1.807) is 6.08 Å². The van der Waals surface area contributed by atoms with Crippen molar-refractivity contribution in [2.45, 2.75) is 6.42 Å². The topological polar surface area (TPSA) is 70.6 Å². The van der Waals surface area contributed by atoms with Gasteiger partial charge in [0.15, 0.2) is 0 Å². The first-order valence-corrected chi connectivity index (χ1v) is 4.62. The molecule has 0 aromatic heterocycles. The zero-order valence-corrected chi connectivity index (χ0v) is 8.29. The molecule has 3 N–H and O–H groups in total. The van der Waals surface area contributed by atoms with Gasteiger partial charge < -0.3 is 20.5 Å². The smallest absolute Gasteiger partial charge is 0.315 e. The maximum absolute atomic E-state index is 10.9. The van der Waals surface area contributed by atoms with Crippen LogP contribution in [-0.2, 0) is 4.74 Å². The highest BCUT2D eigenvalue weighted by Crippen LogP contribution is 1.80. The number of rotatable bonds is 8. The summed E-state index contributed by atoms with van der Waals surface area (Å²) in [5, 5.41) is 13.6. The van der Waals surface area contributed by atoms with Crippen LogP contribution in [0, 0.1) is 0 Å². The highest BCUT2D eigenvalue weighted by molar-refractivity contribution is 5.73. The monoisotopic (exact) mass is 202 g/mol. The Bertz CT molecular complexity index is 162. The van der Waals surface area contributed by atoms with E-state index in [-0.39, 0.29) is 12.6 Å². The number of amides is 2. The number of nitrogens with one attached hydrogen (secondary N) is 2. The molecule has 0 spiro atoms. The quantitative estimate of drug-likeness (QED) is 0.379. The van der Waals surface area contributed by atoms with Crippen LogP contribution in [0.15, 0.2) is 12.7 Å².